The van der Waals surface area contributed by atoms with E-state index in [0.29, 0.717) is 5.02 Å². The molecular formula is C16H14Cl2N2O. The molecule has 0 bridgehead atoms. The van der Waals surface area contributed by atoms with E-state index in [4.69, 9.17) is 11.6 Å². The van der Waals surface area contributed by atoms with Gasteiger partial charge in [-0.25, -0.2) is 0 Å². The van der Waals surface area contributed by atoms with Gasteiger partial charge in [-0.05, 0) is 25.1 Å². The molecular weight excluding hydrogens is 307 g/mol. The number of hydrogen-bond donors (Lipinski definition) is 1. The first kappa shape index (κ1) is 15.5. The van der Waals surface area contributed by atoms with Gasteiger partial charge in [0.25, 0.3) is 0 Å². The van der Waals surface area contributed by atoms with Crippen LogP contribution in [0.3, 0.4) is 0 Å². The van der Waals surface area contributed by atoms with E-state index in [1.165, 1.54) is 0 Å². The van der Waals surface area contributed by atoms with Crippen LogP contribution in [0.15, 0.2) is 53.5 Å². The Bertz CT molecular complexity index is 699. The topological polar surface area (TPSA) is 41.5 Å². The van der Waals surface area contributed by atoms with Crippen LogP contribution >= 0.6 is 24.0 Å². The molecule has 1 N–H and O–H groups in total. The van der Waals surface area contributed by atoms with E-state index in [2.05, 4.69) is 10.3 Å². The average molecular weight is 321 g/mol. The summed E-state index contributed by atoms with van der Waals surface area (Å²) < 4.78 is 0. The van der Waals surface area contributed by atoms with Crippen molar-refractivity contribution in [2.75, 3.05) is 5.32 Å². The molecule has 2 aromatic rings. The summed E-state index contributed by atoms with van der Waals surface area (Å²) in [5.74, 6) is -0.112. The number of anilines is 1. The lowest BCUT2D eigenvalue weighted by molar-refractivity contribution is -0.116. The largest absolute Gasteiger partial charge is 0.324 e. The minimum absolute atomic E-state index is 0. The molecule has 2 aromatic carbocycles. The van der Waals surface area contributed by atoms with Crippen molar-refractivity contribution in [3.05, 3.63) is 64.7 Å². The Kier molecular flexibility index (Phi) is 4.66. The number of benzodiazepines with no additional fused rings is 1. The molecule has 0 spiro atoms. The minimum Gasteiger partial charge on any atom is -0.324 e. The fourth-order valence-corrected chi connectivity index (χ4v) is 2.38. The lowest BCUT2D eigenvalue weighted by Crippen LogP contribution is -2.22. The number of rotatable bonds is 1. The van der Waals surface area contributed by atoms with Crippen LogP contribution in [0.1, 0.15) is 18.1 Å². The lowest BCUT2D eigenvalue weighted by atomic mass is 10.0. The summed E-state index contributed by atoms with van der Waals surface area (Å²) in [7, 11) is 0. The zero-order valence-electron chi connectivity index (χ0n) is 11.3. The molecule has 5 heteroatoms. The molecule has 1 amide bonds. The van der Waals surface area contributed by atoms with Gasteiger partial charge in [-0.3, -0.25) is 9.79 Å². The van der Waals surface area contributed by atoms with E-state index in [1.807, 2.05) is 42.5 Å². The van der Waals surface area contributed by atoms with Gasteiger partial charge in [0.2, 0.25) is 5.91 Å². The van der Waals surface area contributed by atoms with E-state index < -0.39 is 6.04 Å². The van der Waals surface area contributed by atoms with Gasteiger partial charge in [0.15, 0.2) is 0 Å². The van der Waals surface area contributed by atoms with Crippen LogP contribution in [0, 0.1) is 0 Å². The molecule has 0 aromatic heterocycles. The van der Waals surface area contributed by atoms with Crippen molar-refractivity contribution in [3.63, 3.8) is 0 Å². The first-order chi connectivity index (χ1) is 9.65. The van der Waals surface area contributed by atoms with Gasteiger partial charge < -0.3 is 5.32 Å². The highest BCUT2D eigenvalue weighted by Crippen LogP contribution is 2.27. The molecule has 1 heterocycles. The second kappa shape index (κ2) is 6.29. The monoisotopic (exact) mass is 320 g/mol. The number of carbonyl (C=O) groups excluding carboxylic acids is 1. The first-order valence-electron chi connectivity index (χ1n) is 6.39. The van der Waals surface area contributed by atoms with Crippen molar-refractivity contribution in [1.82, 2.24) is 0 Å². The van der Waals surface area contributed by atoms with Gasteiger partial charge in [0, 0.05) is 16.1 Å². The Balaban J connectivity index is 0.00000161. The van der Waals surface area contributed by atoms with Gasteiger partial charge in [-0.15, -0.1) is 12.4 Å². The van der Waals surface area contributed by atoms with Crippen molar-refractivity contribution < 1.29 is 4.79 Å². The van der Waals surface area contributed by atoms with Gasteiger partial charge >= 0.3 is 0 Å². The Morgan fingerprint density at radius 3 is 2.57 bits per heavy atom. The molecule has 1 unspecified atom stereocenters. The van der Waals surface area contributed by atoms with E-state index in [9.17, 15) is 4.79 Å². The lowest BCUT2D eigenvalue weighted by Gasteiger charge is -2.10. The zero-order chi connectivity index (χ0) is 14.1. The van der Waals surface area contributed by atoms with Crippen LogP contribution in [0.5, 0.6) is 0 Å². The number of amides is 1. The normalized spacial score (nSPS) is 17.0. The summed E-state index contributed by atoms with van der Waals surface area (Å²) in [5, 5.41) is 3.51. The molecule has 1 atom stereocenters. The standard InChI is InChI=1S/C16H13ClN2O.ClH/c1-10-16(20)19-14-8-7-12(17)9-13(14)15(18-10)11-5-3-2-4-6-11;/h2-10H,1H3,(H,19,20);1H. The SMILES string of the molecule is CC1N=C(c2ccccc2)c2cc(Cl)ccc2NC1=O.Cl. The van der Waals surface area contributed by atoms with Crippen LogP contribution in [-0.2, 0) is 4.79 Å². The van der Waals surface area contributed by atoms with Crippen LogP contribution in [0.25, 0.3) is 0 Å². The third-order valence-electron chi connectivity index (χ3n) is 3.24. The summed E-state index contributed by atoms with van der Waals surface area (Å²) in [6.07, 6.45) is 0. The van der Waals surface area contributed by atoms with Gasteiger partial charge in [0.05, 0.1) is 11.4 Å². The van der Waals surface area contributed by atoms with E-state index in [0.717, 1.165) is 22.5 Å². The Labute approximate surface area is 134 Å². The Morgan fingerprint density at radius 2 is 1.86 bits per heavy atom. The molecule has 1 aliphatic heterocycles. The molecule has 0 aliphatic carbocycles. The fourth-order valence-electron chi connectivity index (χ4n) is 2.21. The number of nitrogens with zero attached hydrogens (tertiary/aromatic N) is 1. The Hall–Kier alpha value is -1.84. The molecule has 3 nitrogen and oxygen atoms in total. The molecule has 3 rings (SSSR count). The number of aliphatic imine (C=N–C) groups is 1. The number of benzene rings is 2. The second-order valence-electron chi connectivity index (χ2n) is 4.70. The van der Waals surface area contributed by atoms with Crippen LogP contribution in [0.4, 0.5) is 5.69 Å². The summed E-state index contributed by atoms with van der Waals surface area (Å²) in [6, 6.07) is 14.8. The smallest absolute Gasteiger partial charge is 0.248 e. The van der Waals surface area contributed by atoms with Crippen LogP contribution in [-0.4, -0.2) is 17.7 Å². The van der Waals surface area contributed by atoms with Crippen molar-refractivity contribution in [3.8, 4) is 0 Å². The zero-order valence-corrected chi connectivity index (χ0v) is 12.9. The maximum Gasteiger partial charge on any atom is 0.248 e. The molecule has 108 valence electrons. The number of fused-ring (bicyclic) bond motifs is 1. The highest BCUT2D eigenvalue weighted by Gasteiger charge is 2.22. The van der Waals surface area contributed by atoms with E-state index >= 15 is 0 Å². The maximum absolute atomic E-state index is 12.0. The number of hydrogen-bond acceptors (Lipinski definition) is 2. The summed E-state index contributed by atoms with van der Waals surface area (Å²) >= 11 is 6.09. The molecule has 0 radical (unpaired) electrons. The summed E-state index contributed by atoms with van der Waals surface area (Å²) in [5.41, 5.74) is 3.35. The van der Waals surface area contributed by atoms with Gasteiger partial charge in [-0.2, -0.15) is 0 Å². The third-order valence-corrected chi connectivity index (χ3v) is 3.48. The molecule has 21 heavy (non-hydrogen) atoms. The highest BCUT2D eigenvalue weighted by atomic mass is 35.5. The van der Waals surface area contributed by atoms with Crippen LogP contribution < -0.4 is 5.32 Å². The average Bonchev–Trinajstić information content (AvgIpc) is 2.58. The maximum atomic E-state index is 12.0. The van der Waals surface area contributed by atoms with Crippen molar-refractivity contribution >= 4 is 41.3 Å². The molecule has 0 fully saturated rings. The van der Waals surface area contributed by atoms with Crippen molar-refractivity contribution in [2.24, 2.45) is 4.99 Å². The highest BCUT2D eigenvalue weighted by molar-refractivity contribution is 6.32. The predicted molar refractivity (Wildman–Crippen MR) is 88.9 cm³/mol. The molecule has 0 saturated carbocycles. The van der Waals surface area contributed by atoms with Gasteiger partial charge in [-0.1, -0.05) is 41.9 Å². The van der Waals surface area contributed by atoms with Gasteiger partial charge in [0.1, 0.15) is 6.04 Å². The summed E-state index contributed by atoms with van der Waals surface area (Å²) in [4.78, 5) is 16.5. The quantitative estimate of drug-likeness (QED) is 0.849. The summed E-state index contributed by atoms with van der Waals surface area (Å²) in [6.45, 7) is 1.78. The number of nitrogens with one attached hydrogen (secondary N) is 1. The van der Waals surface area contributed by atoms with Crippen molar-refractivity contribution in [2.45, 2.75) is 13.0 Å². The Morgan fingerprint density at radius 1 is 1.14 bits per heavy atom. The first-order valence-corrected chi connectivity index (χ1v) is 6.77. The number of carbonyl (C=O) groups is 1. The molecule has 1 aliphatic rings. The van der Waals surface area contributed by atoms with Crippen molar-refractivity contribution in [1.29, 1.82) is 0 Å². The minimum atomic E-state index is -0.434. The third kappa shape index (κ3) is 3.09. The van der Waals surface area contributed by atoms with E-state index in [-0.39, 0.29) is 18.3 Å². The second-order valence-corrected chi connectivity index (χ2v) is 5.14. The van der Waals surface area contributed by atoms with Crippen LogP contribution in [0.2, 0.25) is 5.02 Å². The predicted octanol–water partition coefficient (Wildman–Crippen LogP) is 3.94. The molecule has 0 saturated heterocycles. The number of halogens is 2. The van der Waals surface area contributed by atoms with E-state index in [1.54, 1.807) is 13.0 Å². The fraction of sp³-hybridized carbons (Fsp3) is 0.125.